The lowest BCUT2D eigenvalue weighted by Crippen LogP contribution is -2.07. The number of nitrogens with one attached hydrogen (secondary N) is 1. The van der Waals surface area contributed by atoms with Gasteiger partial charge in [0.05, 0.1) is 12.1 Å². The Morgan fingerprint density at radius 1 is 1.03 bits per heavy atom. The van der Waals surface area contributed by atoms with E-state index in [1.54, 1.807) is 6.08 Å². The largest absolute Gasteiger partial charge is 0.491 e. The third-order valence-corrected chi connectivity index (χ3v) is 5.93. The van der Waals surface area contributed by atoms with E-state index < -0.39 is 17.6 Å². The average molecular weight is 462 g/mol. The van der Waals surface area contributed by atoms with Crippen molar-refractivity contribution in [3.63, 3.8) is 0 Å². The maximum absolute atomic E-state index is 13.1. The maximum atomic E-state index is 13.1. The van der Waals surface area contributed by atoms with Crippen molar-refractivity contribution < 1.29 is 22.7 Å². The molecule has 0 saturated heterocycles. The number of hydrogen-bond acceptors (Lipinski definition) is 2. The van der Waals surface area contributed by atoms with Crippen molar-refractivity contribution in [3.8, 4) is 5.75 Å². The molecular weight excluding hydrogens is 441 g/mol. The van der Waals surface area contributed by atoms with Gasteiger partial charge in [-0.15, -0.1) is 0 Å². The highest BCUT2D eigenvalue weighted by atomic mass is 19.4. The van der Waals surface area contributed by atoms with Crippen LogP contribution in [0.25, 0.3) is 22.6 Å². The third kappa shape index (κ3) is 4.05. The van der Waals surface area contributed by atoms with Crippen LogP contribution in [0.5, 0.6) is 5.75 Å². The molecule has 0 fully saturated rings. The molecular formula is C27H21F3N2O2. The van der Waals surface area contributed by atoms with Crippen LogP contribution in [-0.2, 0) is 17.5 Å². The topological polar surface area (TPSA) is 43.3 Å². The Labute approximate surface area is 194 Å². The summed E-state index contributed by atoms with van der Waals surface area (Å²) in [5.74, 6) is 0.410. The first-order chi connectivity index (χ1) is 16.3. The lowest BCUT2D eigenvalue weighted by molar-refractivity contribution is -0.137. The minimum atomic E-state index is -4.47. The molecule has 172 valence electrons. The number of hydrogen-bond donors (Lipinski definition) is 1. The van der Waals surface area contributed by atoms with Crippen LogP contribution in [0, 0.1) is 6.92 Å². The minimum absolute atomic E-state index is 0.168. The van der Waals surface area contributed by atoms with E-state index in [0.29, 0.717) is 24.3 Å². The van der Waals surface area contributed by atoms with Crippen LogP contribution >= 0.6 is 0 Å². The molecule has 7 heteroatoms. The first kappa shape index (κ1) is 21.8. The van der Waals surface area contributed by atoms with Crippen molar-refractivity contribution >= 4 is 34.1 Å². The lowest BCUT2D eigenvalue weighted by Gasteiger charge is -2.10. The Bertz CT molecular complexity index is 1430. The summed E-state index contributed by atoms with van der Waals surface area (Å²) in [7, 11) is 0. The summed E-state index contributed by atoms with van der Waals surface area (Å²) in [5, 5.41) is 3.50. The average Bonchev–Trinajstić information content (AvgIpc) is 3.31. The minimum Gasteiger partial charge on any atom is -0.491 e. The molecule has 0 unspecified atom stereocenters. The van der Waals surface area contributed by atoms with E-state index in [1.807, 2.05) is 61.7 Å². The maximum Gasteiger partial charge on any atom is 0.416 e. The van der Waals surface area contributed by atoms with Gasteiger partial charge in [-0.1, -0.05) is 42.5 Å². The van der Waals surface area contributed by atoms with E-state index in [0.717, 1.165) is 39.9 Å². The summed E-state index contributed by atoms with van der Waals surface area (Å²) >= 11 is 0. The predicted molar refractivity (Wildman–Crippen MR) is 127 cm³/mol. The Morgan fingerprint density at radius 2 is 1.79 bits per heavy atom. The highest BCUT2D eigenvalue weighted by molar-refractivity contribution is 6.35. The second kappa shape index (κ2) is 8.41. The Balaban J connectivity index is 1.46. The number of aromatic nitrogens is 1. The number of alkyl halides is 3. The van der Waals surface area contributed by atoms with Gasteiger partial charge in [0.1, 0.15) is 12.4 Å². The van der Waals surface area contributed by atoms with Gasteiger partial charge in [-0.05, 0) is 42.8 Å². The zero-order chi connectivity index (χ0) is 23.9. The third-order valence-electron chi connectivity index (χ3n) is 5.93. The van der Waals surface area contributed by atoms with Crippen molar-refractivity contribution in [2.45, 2.75) is 19.6 Å². The molecule has 3 aromatic carbocycles. The van der Waals surface area contributed by atoms with E-state index in [2.05, 4.69) is 9.88 Å². The number of amides is 1. The monoisotopic (exact) mass is 462 g/mol. The second-order valence-electron chi connectivity index (χ2n) is 8.18. The van der Waals surface area contributed by atoms with Crippen LogP contribution in [0.2, 0.25) is 0 Å². The number of nitrogens with zero attached hydrogens (tertiary/aromatic N) is 1. The molecule has 0 radical (unpaired) electrons. The fraction of sp³-hybridized carbons (Fsp3) is 0.148. The molecule has 1 amide bonds. The van der Waals surface area contributed by atoms with E-state index in [-0.39, 0.29) is 5.69 Å². The number of halogens is 3. The Morgan fingerprint density at radius 3 is 2.59 bits per heavy atom. The zero-order valence-electron chi connectivity index (χ0n) is 18.3. The van der Waals surface area contributed by atoms with Gasteiger partial charge in [-0.2, -0.15) is 13.2 Å². The number of aryl methyl sites for hydroxylation is 1. The first-order valence-electron chi connectivity index (χ1n) is 10.8. The molecule has 0 spiro atoms. The molecule has 4 aromatic rings. The van der Waals surface area contributed by atoms with Crippen molar-refractivity contribution in [2.75, 3.05) is 11.9 Å². The lowest BCUT2D eigenvalue weighted by atomic mass is 10.0. The molecule has 1 aliphatic heterocycles. The molecule has 0 bridgehead atoms. The molecule has 1 N–H and O–H groups in total. The summed E-state index contributed by atoms with van der Waals surface area (Å²) in [6, 6.07) is 18.9. The van der Waals surface area contributed by atoms with Gasteiger partial charge >= 0.3 is 6.18 Å². The number of carbonyl (C=O) groups is 1. The van der Waals surface area contributed by atoms with Gasteiger partial charge in [0.25, 0.3) is 5.91 Å². The van der Waals surface area contributed by atoms with Crippen molar-refractivity contribution in [3.05, 3.63) is 95.2 Å². The van der Waals surface area contributed by atoms with Crippen LogP contribution in [0.4, 0.5) is 18.9 Å². The second-order valence-corrected chi connectivity index (χ2v) is 8.18. The molecule has 4 nitrogen and oxygen atoms in total. The summed E-state index contributed by atoms with van der Waals surface area (Å²) in [4.78, 5) is 12.6. The molecule has 5 rings (SSSR count). The summed E-state index contributed by atoms with van der Waals surface area (Å²) in [5.41, 5.74) is 3.02. The van der Waals surface area contributed by atoms with Crippen LogP contribution in [0.15, 0.2) is 72.9 Å². The van der Waals surface area contributed by atoms with E-state index >= 15 is 0 Å². The summed E-state index contributed by atoms with van der Waals surface area (Å²) in [6.45, 7) is 3.05. The molecule has 0 aliphatic carbocycles. The van der Waals surface area contributed by atoms with Crippen LogP contribution < -0.4 is 10.1 Å². The van der Waals surface area contributed by atoms with Crippen molar-refractivity contribution in [1.82, 2.24) is 4.57 Å². The fourth-order valence-corrected chi connectivity index (χ4v) is 4.22. The van der Waals surface area contributed by atoms with Crippen LogP contribution in [-0.4, -0.2) is 17.1 Å². The molecule has 2 heterocycles. The fourth-order valence-electron chi connectivity index (χ4n) is 4.22. The SMILES string of the molecule is Cc1ccccc1OCCn1cc(/C=C2/C(=O)Nc3cc(C(F)(F)F)ccc32)c2ccccc21. The standard InChI is InChI=1S/C27H21F3N2O2/c1-17-6-2-5-9-25(17)34-13-12-32-16-18(20-7-3-4-8-24(20)32)14-22-21-11-10-19(27(28,29)30)15-23(21)31-26(22)33/h2-11,14-16H,12-13H2,1H3,(H,31,33)/b22-14+. The van der Waals surface area contributed by atoms with E-state index in [4.69, 9.17) is 4.74 Å². The predicted octanol–water partition coefficient (Wildman–Crippen LogP) is 6.54. The molecule has 1 aromatic heterocycles. The zero-order valence-corrected chi connectivity index (χ0v) is 18.3. The van der Waals surface area contributed by atoms with Gasteiger partial charge in [0.2, 0.25) is 0 Å². The quantitative estimate of drug-likeness (QED) is 0.342. The smallest absolute Gasteiger partial charge is 0.416 e. The number of fused-ring (bicyclic) bond motifs is 2. The van der Waals surface area contributed by atoms with Crippen LogP contribution in [0.3, 0.4) is 0 Å². The first-order valence-corrected chi connectivity index (χ1v) is 10.8. The van der Waals surface area contributed by atoms with Gasteiger partial charge in [-0.25, -0.2) is 0 Å². The van der Waals surface area contributed by atoms with Crippen molar-refractivity contribution in [1.29, 1.82) is 0 Å². The number of benzene rings is 3. The number of ether oxygens (including phenoxy) is 1. The van der Waals surface area contributed by atoms with Gasteiger partial charge in [0, 0.05) is 39.5 Å². The molecule has 0 atom stereocenters. The van der Waals surface area contributed by atoms with Gasteiger partial charge in [0.15, 0.2) is 0 Å². The summed E-state index contributed by atoms with van der Waals surface area (Å²) < 4.78 is 47.2. The highest BCUT2D eigenvalue weighted by Crippen LogP contribution is 2.39. The Kier molecular flexibility index (Phi) is 5.40. The Hall–Kier alpha value is -4.00. The highest BCUT2D eigenvalue weighted by Gasteiger charge is 2.33. The van der Waals surface area contributed by atoms with E-state index in [1.165, 1.54) is 6.07 Å². The number of carbonyl (C=O) groups excluding carboxylic acids is 1. The van der Waals surface area contributed by atoms with Crippen molar-refractivity contribution in [2.24, 2.45) is 0 Å². The van der Waals surface area contributed by atoms with Gasteiger partial charge in [-0.3, -0.25) is 4.79 Å². The number of para-hydroxylation sites is 2. The molecule has 1 aliphatic rings. The number of anilines is 1. The summed E-state index contributed by atoms with van der Waals surface area (Å²) in [6.07, 6.45) is -0.802. The van der Waals surface area contributed by atoms with E-state index in [9.17, 15) is 18.0 Å². The normalized spacial score (nSPS) is 14.5. The number of rotatable bonds is 5. The molecule has 34 heavy (non-hydrogen) atoms. The van der Waals surface area contributed by atoms with Gasteiger partial charge < -0.3 is 14.6 Å². The molecule has 0 saturated carbocycles. The van der Waals surface area contributed by atoms with Crippen LogP contribution in [0.1, 0.15) is 22.3 Å².